The van der Waals surface area contributed by atoms with Crippen molar-refractivity contribution in [2.24, 2.45) is 0 Å². The van der Waals surface area contributed by atoms with Crippen LogP contribution in [0.25, 0.3) is 0 Å². The van der Waals surface area contributed by atoms with Crippen molar-refractivity contribution in [3.8, 4) is 12.3 Å². The summed E-state index contributed by atoms with van der Waals surface area (Å²) in [6.07, 6.45) is 9.23. The van der Waals surface area contributed by atoms with Gasteiger partial charge in [0, 0.05) is 6.54 Å². The molecule has 0 saturated carbocycles. The molecule has 17 heavy (non-hydrogen) atoms. The first-order chi connectivity index (χ1) is 8.24. The van der Waals surface area contributed by atoms with E-state index in [0.29, 0.717) is 6.54 Å². The van der Waals surface area contributed by atoms with Crippen LogP contribution in [0.2, 0.25) is 0 Å². The summed E-state index contributed by atoms with van der Waals surface area (Å²) in [6, 6.07) is 9.54. The first kappa shape index (κ1) is 12.2. The van der Waals surface area contributed by atoms with E-state index < -0.39 is 5.60 Å². The van der Waals surface area contributed by atoms with E-state index >= 15 is 0 Å². The molecule has 1 N–H and O–H groups in total. The van der Waals surface area contributed by atoms with E-state index in [1.165, 1.54) is 19.3 Å². The van der Waals surface area contributed by atoms with Gasteiger partial charge in [0.25, 0.3) is 0 Å². The zero-order chi connectivity index (χ0) is 12.1. The summed E-state index contributed by atoms with van der Waals surface area (Å²) in [6.45, 7) is 2.61. The van der Waals surface area contributed by atoms with E-state index in [1.807, 2.05) is 30.3 Å². The number of piperidine rings is 1. The third-order valence-corrected chi connectivity index (χ3v) is 3.39. The summed E-state index contributed by atoms with van der Waals surface area (Å²) in [5.41, 5.74) is -0.341. The number of rotatable bonds is 3. The maximum atomic E-state index is 10.6. The first-order valence-electron chi connectivity index (χ1n) is 6.23. The smallest absolute Gasteiger partial charge is 0.163 e. The molecule has 1 aromatic rings. The fourth-order valence-electron chi connectivity index (χ4n) is 2.38. The van der Waals surface area contributed by atoms with Crippen molar-refractivity contribution in [1.29, 1.82) is 0 Å². The first-order valence-corrected chi connectivity index (χ1v) is 6.23. The molecule has 0 bridgehead atoms. The summed E-state index contributed by atoms with van der Waals surface area (Å²) in [5, 5.41) is 10.6. The molecule has 2 rings (SSSR count). The Bertz CT molecular complexity index is 389. The molecule has 1 aromatic carbocycles. The van der Waals surface area contributed by atoms with Crippen molar-refractivity contribution in [2.75, 3.05) is 19.6 Å². The average Bonchev–Trinajstić information content (AvgIpc) is 2.41. The van der Waals surface area contributed by atoms with Gasteiger partial charge in [0.1, 0.15) is 0 Å². The number of likely N-dealkylation sites (tertiary alicyclic amines) is 1. The highest BCUT2D eigenvalue weighted by Gasteiger charge is 2.29. The molecule has 1 unspecified atom stereocenters. The monoisotopic (exact) mass is 229 g/mol. The molecule has 0 amide bonds. The Kier molecular flexibility index (Phi) is 3.83. The van der Waals surface area contributed by atoms with Crippen molar-refractivity contribution < 1.29 is 5.11 Å². The predicted molar refractivity (Wildman–Crippen MR) is 69.5 cm³/mol. The van der Waals surface area contributed by atoms with Crippen LogP contribution in [0.15, 0.2) is 30.3 Å². The van der Waals surface area contributed by atoms with Crippen LogP contribution in [0.3, 0.4) is 0 Å². The van der Waals surface area contributed by atoms with Gasteiger partial charge in [0.05, 0.1) is 0 Å². The molecule has 0 aliphatic carbocycles. The van der Waals surface area contributed by atoms with E-state index in [4.69, 9.17) is 6.42 Å². The minimum atomic E-state index is -1.15. The van der Waals surface area contributed by atoms with Gasteiger partial charge in [-0.25, -0.2) is 0 Å². The molecule has 2 nitrogen and oxygen atoms in total. The Hall–Kier alpha value is -1.30. The molecule has 1 atom stereocenters. The lowest BCUT2D eigenvalue weighted by Gasteiger charge is -2.33. The number of hydrogen-bond donors (Lipinski definition) is 1. The van der Waals surface area contributed by atoms with Crippen LogP contribution in [0.1, 0.15) is 24.8 Å². The topological polar surface area (TPSA) is 23.5 Å². The molecule has 0 aromatic heterocycles. The number of β-amino-alcohol motifs (C(OH)–C–C–N with tert-alkyl or cyclic N) is 1. The average molecular weight is 229 g/mol. The van der Waals surface area contributed by atoms with Gasteiger partial charge in [-0.15, -0.1) is 6.42 Å². The molecule has 1 aliphatic heterocycles. The second kappa shape index (κ2) is 5.35. The lowest BCUT2D eigenvalue weighted by atomic mass is 9.93. The molecule has 0 spiro atoms. The second-order valence-corrected chi connectivity index (χ2v) is 4.71. The lowest BCUT2D eigenvalue weighted by Crippen LogP contribution is -2.42. The van der Waals surface area contributed by atoms with Crippen molar-refractivity contribution >= 4 is 0 Å². The van der Waals surface area contributed by atoms with Gasteiger partial charge in [-0.2, -0.15) is 0 Å². The van der Waals surface area contributed by atoms with Crippen molar-refractivity contribution in [1.82, 2.24) is 4.90 Å². The predicted octanol–water partition coefficient (Wildman–Crippen LogP) is 1.99. The highest BCUT2D eigenvalue weighted by atomic mass is 16.3. The quantitative estimate of drug-likeness (QED) is 0.801. The van der Waals surface area contributed by atoms with E-state index in [9.17, 15) is 5.11 Å². The van der Waals surface area contributed by atoms with Crippen LogP contribution in [-0.2, 0) is 5.60 Å². The summed E-state index contributed by atoms with van der Waals surface area (Å²) in [5.74, 6) is 2.56. The molecule has 2 heteroatoms. The Morgan fingerprint density at radius 1 is 1.18 bits per heavy atom. The fourth-order valence-corrected chi connectivity index (χ4v) is 2.38. The van der Waals surface area contributed by atoms with E-state index in [0.717, 1.165) is 18.7 Å². The normalized spacial score (nSPS) is 20.5. The molecule has 1 heterocycles. The maximum absolute atomic E-state index is 10.6. The maximum Gasteiger partial charge on any atom is 0.163 e. The van der Waals surface area contributed by atoms with Crippen LogP contribution >= 0.6 is 0 Å². The fraction of sp³-hybridized carbons (Fsp3) is 0.467. The van der Waals surface area contributed by atoms with Crippen LogP contribution < -0.4 is 0 Å². The molecule has 0 radical (unpaired) electrons. The Morgan fingerprint density at radius 3 is 2.41 bits per heavy atom. The second-order valence-electron chi connectivity index (χ2n) is 4.71. The van der Waals surface area contributed by atoms with Crippen LogP contribution in [0.5, 0.6) is 0 Å². The van der Waals surface area contributed by atoms with Gasteiger partial charge in [-0.05, 0) is 31.5 Å². The Labute approximate surface area is 103 Å². The van der Waals surface area contributed by atoms with Crippen molar-refractivity contribution in [3.63, 3.8) is 0 Å². The summed E-state index contributed by atoms with van der Waals surface area (Å²) in [4.78, 5) is 2.26. The molecule has 90 valence electrons. The number of hydrogen-bond acceptors (Lipinski definition) is 2. The molecule has 1 saturated heterocycles. The summed E-state index contributed by atoms with van der Waals surface area (Å²) in [7, 11) is 0. The minimum Gasteiger partial charge on any atom is -0.372 e. The summed E-state index contributed by atoms with van der Waals surface area (Å²) < 4.78 is 0. The third-order valence-electron chi connectivity index (χ3n) is 3.39. The minimum absolute atomic E-state index is 0.535. The van der Waals surface area contributed by atoms with E-state index in [1.54, 1.807) is 0 Å². The number of aliphatic hydroxyl groups is 1. The highest BCUT2D eigenvalue weighted by Crippen LogP contribution is 2.23. The molecule has 1 aliphatic rings. The van der Waals surface area contributed by atoms with Crippen molar-refractivity contribution in [2.45, 2.75) is 24.9 Å². The molecule has 1 fully saturated rings. The van der Waals surface area contributed by atoms with Gasteiger partial charge in [-0.3, -0.25) is 4.90 Å². The lowest BCUT2D eigenvalue weighted by molar-refractivity contribution is 0.0444. The van der Waals surface area contributed by atoms with Crippen molar-refractivity contribution in [3.05, 3.63) is 35.9 Å². The van der Waals surface area contributed by atoms with Crippen LogP contribution in [-0.4, -0.2) is 29.6 Å². The number of nitrogens with zero attached hydrogens (tertiary/aromatic N) is 1. The van der Waals surface area contributed by atoms with Crippen LogP contribution in [0, 0.1) is 12.3 Å². The standard InChI is InChI=1S/C15H19NO/c1-2-15(17,14-9-5-3-6-10-14)13-16-11-7-4-8-12-16/h1,3,5-6,9-10,17H,4,7-8,11-13H2. The molecular weight excluding hydrogens is 210 g/mol. The molecular formula is C15H19NO. The van der Waals surface area contributed by atoms with Gasteiger partial charge in [0.2, 0.25) is 0 Å². The van der Waals surface area contributed by atoms with E-state index in [-0.39, 0.29) is 0 Å². The van der Waals surface area contributed by atoms with Crippen LogP contribution in [0.4, 0.5) is 0 Å². The van der Waals surface area contributed by atoms with Gasteiger partial charge >= 0.3 is 0 Å². The van der Waals surface area contributed by atoms with Gasteiger partial charge in [0.15, 0.2) is 5.60 Å². The zero-order valence-corrected chi connectivity index (χ0v) is 10.1. The summed E-state index contributed by atoms with van der Waals surface area (Å²) >= 11 is 0. The zero-order valence-electron chi connectivity index (χ0n) is 10.1. The number of benzene rings is 1. The number of terminal acetylenes is 1. The van der Waals surface area contributed by atoms with E-state index in [2.05, 4.69) is 10.8 Å². The van der Waals surface area contributed by atoms with Gasteiger partial charge in [-0.1, -0.05) is 42.7 Å². The largest absolute Gasteiger partial charge is 0.372 e. The Balaban J connectivity index is 2.12. The highest BCUT2D eigenvalue weighted by molar-refractivity contribution is 5.30. The Morgan fingerprint density at radius 2 is 1.82 bits per heavy atom. The third kappa shape index (κ3) is 2.88. The SMILES string of the molecule is C#CC(O)(CN1CCCCC1)c1ccccc1. The van der Waals surface area contributed by atoms with Gasteiger partial charge < -0.3 is 5.11 Å².